The van der Waals surface area contributed by atoms with Gasteiger partial charge in [0.05, 0.1) is 34.3 Å². The second kappa shape index (κ2) is 9.65. The van der Waals surface area contributed by atoms with Gasteiger partial charge in [-0.15, -0.1) is 0 Å². The van der Waals surface area contributed by atoms with Gasteiger partial charge in [0.15, 0.2) is 11.4 Å². The lowest BCUT2D eigenvalue weighted by atomic mass is 9.42. The van der Waals surface area contributed by atoms with Crippen LogP contribution in [-0.2, 0) is 27.0 Å². The summed E-state index contributed by atoms with van der Waals surface area (Å²) in [4.78, 5) is 41.8. The summed E-state index contributed by atoms with van der Waals surface area (Å²) in [7, 11) is 2.79. The zero-order valence-corrected chi connectivity index (χ0v) is 24.1. The normalized spacial score (nSPS) is 32.0. The van der Waals surface area contributed by atoms with Crippen LogP contribution in [-0.4, -0.2) is 79.7 Å². The van der Waals surface area contributed by atoms with Crippen molar-refractivity contribution in [2.45, 2.75) is 50.1 Å². The fourth-order valence-electron chi connectivity index (χ4n) is 7.72. The van der Waals surface area contributed by atoms with Crippen molar-refractivity contribution in [2.75, 3.05) is 14.1 Å². The zero-order valence-electron chi connectivity index (χ0n) is 24.1. The van der Waals surface area contributed by atoms with Crippen LogP contribution in [0.15, 0.2) is 59.4 Å². The molecule has 13 heteroatoms. The minimum absolute atomic E-state index is 0.129. The van der Waals surface area contributed by atoms with E-state index in [4.69, 9.17) is 5.73 Å². The molecule has 44 heavy (non-hydrogen) atoms. The number of rotatable bonds is 4. The third-order valence-electron chi connectivity index (χ3n) is 9.78. The maximum Gasteiger partial charge on any atom is 0.416 e. The van der Waals surface area contributed by atoms with Crippen LogP contribution >= 0.6 is 0 Å². The molecule has 0 spiro atoms. The first-order valence-electron chi connectivity index (χ1n) is 13.6. The number of amides is 1. The average Bonchev–Trinajstić information content (AvgIpc) is 2.92. The number of primary amides is 1. The Hall–Kier alpha value is -4.20. The van der Waals surface area contributed by atoms with Gasteiger partial charge in [0.1, 0.15) is 22.8 Å². The van der Waals surface area contributed by atoms with Gasteiger partial charge >= 0.3 is 6.18 Å². The SMILES string of the molecule is CN(C)[C@@H]1C(=O)C(C(N)=O)=C(O)[C@@]2(O)C(=O)C3=C(O)c4c(O)cccc4[C@H](Cc4ccc(C(F)(F)F)cc4)[C@@]3(C)[C@H](O)[C@@]12C. The number of ketones is 2. The number of hydrogen-bond donors (Lipinski definition) is 6. The van der Waals surface area contributed by atoms with Crippen LogP contribution < -0.4 is 5.73 Å². The number of carbonyl (C=O) groups is 3. The van der Waals surface area contributed by atoms with Gasteiger partial charge < -0.3 is 31.3 Å². The van der Waals surface area contributed by atoms with Crippen LogP contribution in [0.25, 0.3) is 5.76 Å². The van der Waals surface area contributed by atoms with Crippen molar-refractivity contribution in [3.63, 3.8) is 0 Å². The highest BCUT2D eigenvalue weighted by Crippen LogP contribution is 2.66. The monoisotopic (exact) mass is 616 g/mol. The molecule has 0 heterocycles. The van der Waals surface area contributed by atoms with Gasteiger partial charge in [-0.25, -0.2) is 0 Å². The van der Waals surface area contributed by atoms with Gasteiger partial charge in [-0.2, -0.15) is 13.2 Å². The first-order chi connectivity index (χ1) is 20.3. The van der Waals surface area contributed by atoms with Crippen LogP contribution in [0.1, 0.15) is 42.0 Å². The molecule has 0 unspecified atom stereocenters. The van der Waals surface area contributed by atoms with Crippen molar-refractivity contribution in [3.8, 4) is 5.75 Å². The molecule has 0 saturated heterocycles. The van der Waals surface area contributed by atoms with Crippen molar-refractivity contribution in [2.24, 2.45) is 16.6 Å². The molecule has 0 bridgehead atoms. The molecule has 10 nitrogen and oxygen atoms in total. The van der Waals surface area contributed by atoms with Crippen molar-refractivity contribution in [3.05, 3.63) is 81.6 Å². The minimum atomic E-state index is -4.60. The summed E-state index contributed by atoms with van der Waals surface area (Å²) >= 11 is 0. The van der Waals surface area contributed by atoms with Crippen molar-refractivity contribution in [1.82, 2.24) is 4.90 Å². The molecule has 1 saturated carbocycles. The number of phenolic OH excluding ortho intramolecular Hbond substituents is 1. The highest BCUT2D eigenvalue weighted by atomic mass is 19.4. The van der Waals surface area contributed by atoms with Crippen LogP contribution in [0.5, 0.6) is 5.75 Å². The first-order valence-corrected chi connectivity index (χ1v) is 13.6. The molecule has 0 radical (unpaired) electrons. The van der Waals surface area contributed by atoms with Gasteiger partial charge in [-0.05, 0) is 49.8 Å². The lowest BCUT2D eigenvalue weighted by molar-refractivity contribution is -0.212. The number of aliphatic hydroxyl groups is 4. The number of nitrogens with two attached hydrogens (primary N) is 1. The van der Waals surface area contributed by atoms with Crippen LogP contribution in [0.3, 0.4) is 0 Å². The van der Waals surface area contributed by atoms with Crippen molar-refractivity contribution < 1.29 is 53.1 Å². The number of halogens is 3. The van der Waals surface area contributed by atoms with E-state index in [0.717, 1.165) is 12.1 Å². The van der Waals surface area contributed by atoms with Gasteiger partial charge in [0.25, 0.3) is 5.91 Å². The predicted octanol–water partition coefficient (Wildman–Crippen LogP) is 2.52. The molecular weight excluding hydrogens is 585 g/mol. The Morgan fingerprint density at radius 2 is 1.61 bits per heavy atom. The number of carbonyl (C=O) groups excluding carboxylic acids is 3. The Bertz CT molecular complexity index is 1680. The number of alkyl halides is 3. The molecule has 0 aromatic heterocycles. The number of phenols is 1. The molecular formula is C31H31F3N2O8. The molecule has 2 aromatic carbocycles. The van der Waals surface area contributed by atoms with Crippen molar-refractivity contribution in [1.29, 1.82) is 0 Å². The maximum atomic E-state index is 14.5. The lowest BCUT2D eigenvalue weighted by Crippen LogP contribution is -2.78. The summed E-state index contributed by atoms with van der Waals surface area (Å²) in [6.45, 7) is 2.59. The summed E-state index contributed by atoms with van der Waals surface area (Å²) in [5.74, 6) is -7.58. The summed E-state index contributed by atoms with van der Waals surface area (Å²) in [6.07, 6.45) is -6.68. The Morgan fingerprint density at radius 1 is 1.02 bits per heavy atom. The minimum Gasteiger partial charge on any atom is -0.508 e. The van der Waals surface area contributed by atoms with Crippen LogP contribution in [0.2, 0.25) is 0 Å². The highest BCUT2D eigenvalue weighted by Gasteiger charge is 2.77. The summed E-state index contributed by atoms with van der Waals surface area (Å²) in [5, 5.41) is 58.2. The smallest absolute Gasteiger partial charge is 0.416 e. The molecule has 234 valence electrons. The van der Waals surface area contributed by atoms with E-state index < -0.39 is 92.1 Å². The number of fused-ring (bicyclic) bond motifs is 3. The number of aromatic hydroxyl groups is 1. The van der Waals surface area contributed by atoms with E-state index in [2.05, 4.69) is 0 Å². The molecule has 2 aromatic rings. The van der Waals surface area contributed by atoms with Crippen LogP contribution in [0, 0.1) is 10.8 Å². The average molecular weight is 617 g/mol. The second-order valence-electron chi connectivity index (χ2n) is 12.2. The van der Waals surface area contributed by atoms with Gasteiger partial charge in [-0.1, -0.05) is 38.1 Å². The Morgan fingerprint density at radius 3 is 2.14 bits per heavy atom. The topological polar surface area (TPSA) is 182 Å². The number of aliphatic hydroxyl groups excluding tert-OH is 3. The number of likely N-dealkylation sites (N-methyl/N-ethyl adjacent to an activating group) is 1. The molecule has 1 amide bonds. The summed E-state index contributed by atoms with van der Waals surface area (Å²) in [6, 6.07) is 6.77. The van der Waals surface area contributed by atoms with Gasteiger partial charge in [-0.3, -0.25) is 19.3 Å². The standard InChI is InChI=1S/C31H31F3N2O8/c1-28-16(12-13-8-10-14(11-9-13)31(32,33)34)15-6-5-7-17(37)18(15)21(38)20(28)25(41)30(44)24(40)19(26(35)42)22(39)23(36(3)4)29(30,2)27(28)43/h5-11,16,23,27,37-38,40,43-44H,12H2,1-4H3,(H2,35,42)/t16-,23+,27-,28+,29+,30+/m0/s1. The molecule has 5 rings (SSSR count). The second-order valence-corrected chi connectivity index (χ2v) is 12.2. The summed E-state index contributed by atoms with van der Waals surface area (Å²) in [5.41, 5.74) is -4.16. The fourth-order valence-corrected chi connectivity index (χ4v) is 7.72. The molecule has 7 N–H and O–H groups in total. The Balaban J connectivity index is 1.84. The Kier molecular flexibility index (Phi) is 6.85. The van der Waals surface area contributed by atoms with Crippen molar-refractivity contribution >= 4 is 23.2 Å². The zero-order chi connectivity index (χ0) is 32.9. The predicted molar refractivity (Wildman–Crippen MR) is 149 cm³/mol. The number of Topliss-reactive ketones (excluding diaryl/α,β-unsaturated/α-hetero) is 2. The third kappa shape index (κ3) is 3.75. The van der Waals surface area contributed by atoms with E-state index in [1.165, 1.54) is 63.2 Å². The van der Waals surface area contributed by atoms with E-state index in [9.17, 15) is 53.1 Å². The molecule has 1 fully saturated rings. The third-order valence-corrected chi connectivity index (χ3v) is 9.78. The number of hydrogen-bond acceptors (Lipinski definition) is 9. The van der Waals surface area contributed by atoms with E-state index in [1.54, 1.807) is 0 Å². The molecule has 3 aliphatic rings. The number of benzene rings is 2. The first kappa shape index (κ1) is 31.2. The van der Waals surface area contributed by atoms with E-state index in [0.29, 0.717) is 5.56 Å². The highest BCUT2D eigenvalue weighted by molar-refractivity contribution is 6.25. The van der Waals surface area contributed by atoms with Crippen LogP contribution in [0.4, 0.5) is 13.2 Å². The quantitative estimate of drug-likeness (QED) is 0.281. The number of nitrogens with zero attached hydrogens (tertiary/aromatic N) is 1. The lowest BCUT2D eigenvalue weighted by Gasteiger charge is -2.63. The molecule has 6 atom stereocenters. The summed E-state index contributed by atoms with van der Waals surface area (Å²) < 4.78 is 39.8. The van der Waals surface area contributed by atoms with E-state index in [-0.39, 0.29) is 17.5 Å². The van der Waals surface area contributed by atoms with Gasteiger partial charge in [0.2, 0.25) is 5.78 Å². The van der Waals surface area contributed by atoms with E-state index in [1.807, 2.05) is 0 Å². The largest absolute Gasteiger partial charge is 0.508 e. The Labute approximate surface area is 249 Å². The van der Waals surface area contributed by atoms with Gasteiger partial charge in [0, 0.05) is 11.3 Å². The fraction of sp³-hybridized carbons (Fsp3) is 0.387. The molecule has 3 aliphatic carbocycles. The molecule has 0 aliphatic heterocycles. The maximum absolute atomic E-state index is 14.5. The van der Waals surface area contributed by atoms with E-state index >= 15 is 0 Å².